The number of carbonyl (C=O) groups excluding carboxylic acids is 2. The van der Waals surface area contributed by atoms with Crippen molar-refractivity contribution in [2.75, 3.05) is 20.3 Å². The van der Waals surface area contributed by atoms with Crippen molar-refractivity contribution < 1.29 is 29.0 Å². The normalized spacial score (nSPS) is 17.9. The van der Waals surface area contributed by atoms with Crippen LogP contribution in [0.3, 0.4) is 0 Å². The first-order valence-corrected chi connectivity index (χ1v) is 10.7. The molecule has 32 heavy (non-hydrogen) atoms. The van der Waals surface area contributed by atoms with E-state index in [4.69, 9.17) is 9.47 Å². The van der Waals surface area contributed by atoms with Gasteiger partial charge in [0.2, 0.25) is 0 Å². The minimum atomic E-state index is -1.03. The van der Waals surface area contributed by atoms with Gasteiger partial charge >= 0.3 is 18.2 Å². The topological polar surface area (TPSA) is 105 Å². The van der Waals surface area contributed by atoms with E-state index in [-0.39, 0.29) is 25.0 Å². The van der Waals surface area contributed by atoms with Crippen LogP contribution >= 0.6 is 0 Å². The number of methoxy groups -OCH3 is 1. The molecule has 0 unspecified atom stereocenters. The predicted molar refractivity (Wildman–Crippen MR) is 116 cm³/mol. The second-order valence-corrected chi connectivity index (χ2v) is 8.05. The van der Waals surface area contributed by atoms with Gasteiger partial charge in [-0.1, -0.05) is 48.5 Å². The van der Waals surface area contributed by atoms with Crippen molar-refractivity contribution >= 4 is 18.2 Å². The molecular weight excluding hydrogens is 412 g/mol. The highest BCUT2D eigenvalue weighted by atomic mass is 16.6. The smallest absolute Gasteiger partial charge is 0.407 e. The highest BCUT2D eigenvalue weighted by Crippen LogP contribution is 2.44. The quantitative estimate of drug-likeness (QED) is 0.668. The molecule has 2 aliphatic rings. The van der Waals surface area contributed by atoms with E-state index < -0.39 is 24.2 Å². The van der Waals surface area contributed by atoms with Gasteiger partial charge in [0.25, 0.3) is 0 Å². The lowest BCUT2D eigenvalue weighted by Crippen LogP contribution is -2.47. The van der Waals surface area contributed by atoms with E-state index in [2.05, 4.69) is 17.4 Å². The van der Waals surface area contributed by atoms with Gasteiger partial charge in [0, 0.05) is 18.5 Å². The minimum Gasteiger partial charge on any atom is -0.467 e. The van der Waals surface area contributed by atoms with Gasteiger partial charge in [-0.05, 0) is 41.5 Å². The number of esters is 1. The number of amides is 2. The highest BCUT2D eigenvalue weighted by molar-refractivity contribution is 5.82. The summed E-state index contributed by atoms with van der Waals surface area (Å²) < 4.78 is 10.3. The molecule has 0 radical (unpaired) electrons. The first kappa shape index (κ1) is 21.7. The third-order valence-electron chi connectivity index (χ3n) is 6.25. The maximum atomic E-state index is 12.6. The fourth-order valence-electron chi connectivity index (χ4n) is 4.74. The van der Waals surface area contributed by atoms with E-state index in [0.717, 1.165) is 28.7 Å². The van der Waals surface area contributed by atoms with E-state index in [1.807, 2.05) is 36.4 Å². The zero-order valence-corrected chi connectivity index (χ0v) is 17.8. The number of rotatable bonds is 6. The standard InChI is InChI=1S/C24H26N2O6/c1-31-22(27)21(13-15-7-6-12-26(15)24(29)30)25-23(28)32-14-20-18-10-4-2-8-16(18)17-9-3-5-11-19(17)20/h2-5,8-11,15,20-21H,6-7,12-14H2,1H3,(H,25,28)(H,29,30)/t15-,21+/m0/s1. The Bertz CT molecular complexity index is 978. The average Bonchev–Trinajstić information content (AvgIpc) is 3.39. The van der Waals surface area contributed by atoms with Crippen LogP contribution in [0.15, 0.2) is 48.5 Å². The fraction of sp³-hybridized carbons (Fsp3) is 0.375. The van der Waals surface area contributed by atoms with Crippen LogP contribution in [0.1, 0.15) is 36.3 Å². The van der Waals surface area contributed by atoms with Gasteiger partial charge in [-0.3, -0.25) is 0 Å². The maximum Gasteiger partial charge on any atom is 0.407 e. The fourth-order valence-corrected chi connectivity index (χ4v) is 4.74. The molecule has 0 bridgehead atoms. The van der Waals surface area contributed by atoms with Crippen molar-refractivity contribution in [2.45, 2.75) is 37.3 Å². The van der Waals surface area contributed by atoms with E-state index in [1.54, 1.807) is 0 Å². The van der Waals surface area contributed by atoms with Gasteiger partial charge < -0.3 is 24.8 Å². The van der Waals surface area contributed by atoms with Gasteiger partial charge in [0.15, 0.2) is 0 Å². The Labute approximate surface area is 186 Å². The van der Waals surface area contributed by atoms with Crippen molar-refractivity contribution in [3.8, 4) is 11.1 Å². The van der Waals surface area contributed by atoms with Gasteiger partial charge in [0.1, 0.15) is 12.6 Å². The summed E-state index contributed by atoms with van der Waals surface area (Å²) in [6.07, 6.45) is -0.273. The number of nitrogens with one attached hydrogen (secondary N) is 1. The van der Waals surface area contributed by atoms with Crippen molar-refractivity contribution in [1.29, 1.82) is 0 Å². The van der Waals surface area contributed by atoms with Crippen LogP contribution in [-0.4, -0.2) is 60.5 Å². The molecule has 1 saturated heterocycles. The number of benzene rings is 2. The van der Waals surface area contributed by atoms with E-state index in [1.165, 1.54) is 12.0 Å². The van der Waals surface area contributed by atoms with E-state index in [9.17, 15) is 19.5 Å². The molecule has 8 heteroatoms. The molecule has 2 aromatic carbocycles. The molecule has 4 rings (SSSR count). The number of hydrogen-bond donors (Lipinski definition) is 2. The Kier molecular flexibility index (Phi) is 6.30. The third kappa shape index (κ3) is 4.26. The number of fused-ring (bicyclic) bond motifs is 3. The van der Waals surface area contributed by atoms with Gasteiger partial charge in [-0.25, -0.2) is 14.4 Å². The number of nitrogens with zero attached hydrogens (tertiary/aromatic N) is 1. The lowest BCUT2D eigenvalue weighted by molar-refractivity contribution is -0.143. The van der Waals surface area contributed by atoms with Gasteiger partial charge in [0.05, 0.1) is 7.11 Å². The number of carbonyl (C=O) groups is 3. The van der Waals surface area contributed by atoms with Gasteiger partial charge in [-0.2, -0.15) is 0 Å². The maximum absolute atomic E-state index is 12.6. The van der Waals surface area contributed by atoms with Crippen molar-refractivity contribution in [3.63, 3.8) is 0 Å². The number of carboxylic acid groups (broad SMARTS) is 1. The molecule has 2 aromatic rings. The predicted octanol–water partition coefficient (Wildman–Crippen LogP) is 3.60. The van der Waals surface area contributed by atoms with Crippen molar-refractivity contribution in [1.82, 2.24) is 10.2 Å². The molecule has 2 atom stereocenters. The van der Waals surface area contributed by atoms with Crippen LogP contribution in [0.2, 0.25) is 0 Å². The van der Waals surface area contributed by atoms with Crippen LogP contribution in [0.4, 0.5) is 9.59 Å². The molecule has 8 nitrogen and oxygen atoms in total. The molecule has 168 valence electrons. The second-order valence-electron chi connectivity index (χ2n) is 8.05. The summed E-state index contributed by atoms with van der Waals surface area (Å²) in [5, 5.41) is 11.9. The molecule has 2 N–H and O–H groups in total. The number of hydrogen-bond acceptors (Lipinski definition) is 5. The van der Waals surface area contributed by atoms with Crippen molar-refractivity contribution in [3.05, 3.63) is 59.7 Å². The Hall–Kier alpha value is -3.55. The molecule has 0 spiro atoms. The van der Waals surface area contributed by atoms with Crippen LogP contribution < -0.4 is 5.32 Å². The van der Waals surface area contributed by atoms with Crippen LogP contribution in [0, 0.1) is 0 Å². The zero-order valence-electron chi connectivity index (χ0n) is 17.8. The number of ether oxygens (including phenoxy) is 2. The molecule has 0 saturated carbocycles. The molecule has 1 aliphatic carbocycles. The lowest BCUT2D eigenvalue weighted by atomic mass is 9.98. The second kappa shape index (κ2) is 9.30. The summed E-state index contributed by atoms with van der Waals surface area (Å²) in [6.45, 7) is 0.539. The molecule has 2 amide bonds. The summed E-state index contributed by atoms with van der Waals surface area (Å²) in [4.78, 5) is 37.5. The van der Waals surface area contributed by atoms with E-state index in [0.29, 0.717) is 13.0 Å². The summed E-state index contributed by atoms with van der Waals surface area (Å²) in [5.74, 6) is -0.724. The van der Waals surface area contributed by atoms with Gasteiger partial charge in [-0.15, -0.1) is 0 Å². The Morgan fingerprint density at radius 3 is 2.31 bits per heavy atom. The zero-order chi connectivity index (χ0) is 22.7. The van der Waals surface area contributed by atoms with Crippen molar-refractivity contribution in [2.24, 2.45) is 0 Å². The monoisotopic (exact) mass is 438 g/mol. The summed E-state index contributed by atoms with van der Waals surface area (Å²) in [6, 6.07) is 14.7. The molecule has 0 aromatic heterocycles. The highest BCUT2D eigenvalue weighted by Gasteiger charge is 2.35. The third-order valence-corrected chi connectivity index (χ3v) is 6.25. The number of alkyl carbamates (subject to hydrolysis) is 1. The molecule has 1 fully saturated rings. The minimum absolute atomic E-state index is 0.0953. The Morgan fingerprint density at radius 2 is 1.72 bits per heavy atom. The summed E-state index contributed by atoms with van der Waals surface area (Å²) >= 11 is 0. The molecular formula is C24H26N2O6. The first-order chi connectivity index (χ1) is 15.5. The number of likely N-dealkylation sites (tertiary alicyclic amines) is 1. The van der Waals surface area contributed by atoms with E-state index >= 15 is 0 Å². The summed E-state index contributed by atoms with van der Waals surface area (Å²) in [5.41, 5.74) is 4.43. The molecule has 1 heterocycles. The average molecular weight is 438 g/mol. The summed E-state index contributed by atoms with van der Waals surface area (Å²) in [7, 11) is 1.23. The SMILES string of the molecule is COC(=O)[C@@H](C[C@@H]1CCCN1C(=O)O)NC(=O)OCC1c2ccccc2-c2ccccc21. The van der Waals surface area contributed by atoms with Crippen LogP contribution in [0.5, 0.6) is 0 Å². The largest absolute Gasteiger partial charge is 0.467 e. The first-order valence-electron chi connectivity index (χ1n) is 10.7. The Morgan fingerprint density at radius 1 is 1.09 bits per heavy atom. The lowest BCUT2D eigenvalue weighted by Gasteiger charge is -2.25. The Balaban J connectivity index is 1.42. The van der Waals surface area contributed by atoms with Crippen LogP contribution in [-0.2, 0) is 14.3 Å². The molecule has 1 aliphatic heterocycles. The van der Waals surface area contributed by atoms with Crippen LogP contribution in [0.25, 0.3) is 11.1 Å².